The third kappa shape index (κ3) is 4.41. The standard InChI is InChI=1S/C24H18BrN3O3/c1-14(19-12-17(29)10-11-23(19)30)27-28-24(31)20-13-22(15-6-8-16(25)9-7-15)26-21-5-3-2-4-18(20)21/h2-13,29-30H,1H3,(H,28,31)/b27-14-. The molecule has 0 saturated carbocycles. The van der Waals surface area contributed by atoms with Crippen molar-refractivity contribution in [1.29, 1.82) is 0 Å². The molecule has 7 heteroatoms. The number of nitrogens with one attached hydrogen (secondary N) is 1. The van der Waals surface area contributed by atoms with Crippen LogP contribution in [0.5, 0.6) is 11.5 Å². The summed E-state index contributed by atoms with van der Waals surface area (Å²) in [6.07, 6.45) is 0. The molecule has 0 aliphatic carbocycles. The number of aromatic nitrogens is 1. The summed E-state index contributed by atoms with van der Waals surface area (Å²) in [5.74, 6) is -0.455. The van der Waals surface area contributed by atoms with Gasteiger partial charge in [0, 0.05) is 21.0 Å². The zero-order valence-corrected chi connectivity index (χ0v) is 18.1. The van der Waals surface area contributed by atoms with Gasteiger partial charge in [-0.15, -0.1) is 0 Å². The highest BCUT2D eigenvalue weighted by Gasteiger charge is 2.14. The molecule has 31 heavy (non-hydrogen) atoms. The monoisotopic (exact) mass is 475 g/mol. The molecular formula is C24H18BrN3O3. The van der Waals surface area contributed by atoms with Crippen molar-refractivity contribution in [3.63, 3.8) is 0 Å². The van der Waals surface area contributed by atoms with E-state index in [-0.39, 0.29) is 11.5 Å². The van der Waals surface area contributed by atoms with Crippen LogP contribution in [-0.2, 0) is 0 Å². The van der Waals surface area contributed by atoms with Crippen molar-refractivity contribution in [2.45, 2.75) is 6.92 Å². The normalized spacial score (nSPS) is 11.5. The third-order valence-corrected chi connectivity index (χ3v) is 5.32. The van der Waals surface area contributed by atoms with Crippen LogP contribution >= 0.6 is 15.9 Å². The van der Waals surface area contributed by atoms with E-state index in [2.05, 4.69) is 26.5 Å². The number of rotatable bonds is 4. The van der Waals surface area contributed by atoms with E-state index in [0.717, 1.165) is 10.0 Å². The molecule has 0 aliphatic rings. The number of halogens is 1. The van der Waals surface area contributed by atoms with Crippen molar-refractivity contribution in [3.05, 3.63) is 88.4 Å². The quantitative estimate of drug-likeness (QED) is 0.214. The minimum absolute atomic E-state index is 0.00653. The number of nitrogens with zero attached hydrogens (tertiary/aromatic N) is 2. The van der Waals surface area contributed by atoms with E-state index in [4.69, 9.17) is 4.98 Å². The number of pyridine rings is 1. The fourth-order valence-electron chi connectivity index (χ4n) is 3.20. The summed E-state index contributed by atoms with van der Waals surface area (Å²) in [5.41, 5.74) is 5.90. The third-order valence-electron chi connectivity index (χ3n) is 4.80. The Morgan fingerprint density at radius 2 is 1.71 bits per heavy atom. The van der Waals surface area contributed by atoms with Crippen LogP contribution in [0.4, 0.5) is 0 Å². The van der Waals surface area contributed by atoms with Gasteiger partial charge in [0.1, 0.15) is 11.5 Å². The number of amides is 1. The Bertz CT molecular complexity index is 1320. The first-order chi connectivity index (χ1) is 14.9. The number of benzene rings is 3. The van der Waals surface area contributed by atoms with Crippen LogP contribution in [0.15, 0.2) is 82.4 Å². The smallest absolute Gasteiger partial charge is 0.272 e. The van der Waals surface area contributed by atoms with Gasteiger partial charge in [-0.2, -0.15) is 5.10 Å². The number of phenols is 2. The van der Waals surface area contributed by atoms with Crippen LogP contribution in [-0.4, -0.2) is 26.8 Å². The maximum atomic E-state index is 13.0. The first-order valence-corrected chi connectivity index (χ1v) is 10.2. The van der Waals surface area contributed by atoms with Crippen molar-refractivity contribution < 1.29 is 15.0 Å². The molecule has 1 aromatic heterocycles. The molecule has 0 atom stereocenters. The molecular weight excluding hydrogens is 458 g/mol. The molecule has 0 saturated heterocycles. The maximum absolute atomic E-state index is 13.0. The second-order valence-corrected chi connectivity index (χ2v) is 7.83. The highest BCUT2D eigenvalue weighted by Crippen LogP contribution is 2.26. The van der Waals surface area contributed by atoms with E-state index in [1.165, 1.54) is 18.2 Å². The van der Waals surface area contributed by atoms with Gasteiger partial charge in [-0.05, 0) is 49.4 Å². The number of aromatic hydroxyl groups is 2. The van der Waals surface area contributed by atoms with Gasteiger partial charge in [0.15, 0.2) is 0 Å². The first-order valence-electron chi connectivity index (χ1n) is 9.45. The molecule has 0 unspecified atom stereocenters. The average molecular weight is 476 g/mol. The summed E-state index contributed by atoms with van der Waals surface area (Å²) >= 11 is 3.43. The zero-order chi connectivity index (χ0) is 22.0. The SMILES string of the molecule is C/C(=N/NC(=O)c1cc(-c2ccc(Br)cc2)nc2ccccc12)c1cc(O)ccc1O. The highest BCUT2D eigenvalue weighted by molar-refractivity contribution is 9.10. The van der Waals surface area contributed by atoms with E-state index in [1.807, 2.05) is 48.5 Å². The lowest BCUT2D eigenvalue weighted by Gasteiger charge is -2.10. The van der Waals surface area contributed by atoms with Gasteiger partial charge in [0.2, 0.25) is 0 Å². The molecule has 0 fully saturated rings. The van der Waals surface area contributed by atoms with Gasteiger partial charge in [0.05, 0.1) is 22.5 Å². The Morgan fingerprint density at radius 3 is 2.48 bits per heavy atom. The molecule has 1 heterocycles. The van der Waals surface area contributed by atoms with Gasteiger partial charge in [-0.1, -0.05) is 46.3 Å². The Hall–Kier alpha value is -3.71. The second-order valence-electron chi connectivity index (χ2n) is 6.92. The fourth-order valence-corrected chi connectivity index (χ4v) is 3.47. The van der Waals surface area contributed by atoms with Crippen molar-refractivity contribution >= 4 is 38.5 Å². The van der Waals surface area contributed by atoms with Gasteiger partial charge in [0.25, 0.3) is 5.91 Å². The van der Waals surface area contributed by atoms with E-state index in [0.29, 0.717) is 33.4 Å². The van der Waals surface area contributed by atoms with Crippen LogP contribution in [0.3, 0.4) is 0 Å². The highest BCUT2D eigenvalue weighted by atomic mass is 79.9. The van der Waals surface area contributed by atoms with E-state index < -0.39 is 5.91 Å². The predicted molar refractivity (Wildman–Crippen MR) is 124 cm³/mol. The number of hydrogen-bond acceptors (Lipinski definition) is 5. The Balaban J connectivity index is 1.71. The Kier molecular flexibility index (Phi) is 5.68. The summed E-state index contributed by atoms with van der Waals surface area (Å²) in [6, 6.07) is 21.0. The largest absolute Gasteiger partial charge is 0.508 e. The lowest BCUT2D eigenvalue weighted by molar-refractivity contribution is 0.0956. The number of para-hydroxylation sites is 1. The molecule has 4 aromatic rings. The van der Waals surface area contributed by atoms with E-state index in [1.54, 1.807) is 13.0 Å². The summed E-state index contributed by atoms with van der Waals surface area (Å²) in [7, 11) is 0. The maximum Gasteiger partial charge on any atom is 0.272 e. The molecule has 1 amide bonds. The molecule has 0 aliphatic heterocycles. The summed E-state index contributed by atoms with van der Waals surface area (Å²) < 4.78 is 0.954. The first kappa shape index (κ1) is 20.6. The van der Waals surface area contributed by atoms with Crippen LogP contribution in [0.25, 0.3) is 22.2 Å². The Morgan fingerprint density at radius 1 is 0.968 bits per heavy atom. The molecule has 3 N–H and O–H groups in total. The second kappa shape index (κ2) is 8.57. The van der Waals surface area contributed by atoms with E-state index >= 15 is 0 Å². The number of phenolic OH excluding ortho intramolecular Hbond substituents is 2. The minimum atomic E-state index is -0.407. The molecule has 0 bridgehead atoms. The topological polar surface area (TPSA) is 94.8 Å². The van der Waals surface area contributed by atoms with Crippen molar-refractivity contribution in [2.75, 3.05) is 0 Å². The summed E-state index contributed by atoms with van der Waals surface area (Å²) in [6.45, 7) is 1.63. The Labute approximate surface area is 187 Å². The van der Waals surface area contributed by atoms with E-state index in [9.17, 15) is 15.0 Å². The van der Waals surface area contributed by atoms with Crippen molar-refractivity contribution in [3.8, 4) is 22.8 Å². The molecule has 4 rings (SSSR count). The molecule has 154 valence electrons. The van der Waals surface area contributed by atoms with Crippen LogP contribution in [0, 0.1) is 0 Å². The molecule has 0 radical (unpaired) electrons. The minimum Gasteiger partial charge on any atom is -0.508 e. The summed E-state index contributed by atoms with van der Waals surface area (Å²) in [4.78, 5) is 17.7. The number of fused-ring (bicyclic) bond motifs is 1. The van der Waals surface area contributed by atoms with Crippen LogP contribution in [0.1, 0.15) is 22.8 Å². The fraction of sp³-hybridized carbons (Fsp3) is 0.0417. The number of carbonyl (C=O) groups excluding carboxylic acids is 1. The van der Waals surface area contributed by atoms with Gasteiger partial charge < -0.3 is 10.2 Å². The lowest BCUT2D eigenvalue weighted by atomic mass is 10.0. The van der Waals surface area contributed by atoms with Gasteiger partial charge >= 0.3 is 0 Å². The number of carbonyl (C=O) groups is 1. The predicted octanol–water partition coefficient (Wildman–Crippen LogP) is 5.23. The number of hydrogen-bond donors (Lipinski definition) is 3. The lowest BCUT2D eigenvalue weighted by Crippen LogP contribution is -2.20. The van der Waals surface area contributed by atoms with Crippen molar-refractivity contribution in [2.24, 2.45) is 5.10 Å². The van der Waals surface area contributed by atoms with Crippen molar-refractivity contribution in [1.82, 2.24) is 10.4 Å². The average Bonchev–Trinajstić information content (AvgIpc) is 2.78. The van der Waals surface area contributed by atoms with Crippen LogP contribution in [0.2, 0.25) is 0 Å². The van der Waals surface area contributed by atoms with Gasteiger partial charge in [-0.3, -0.25) is 4.79 Å². The molecule has 6 nitrogen and oxygen atoms in total. The molecule has 3 aromatic carbocycles. The zero-order valence-electron chi connectivity index (χ0n) is 16.5. The molecule has 0 spiro atoms. The number of hydrazone groups is 1. The van der Waals surface area contributed by atoms with Gasteiger partial charge in [-0.25, -0.2) is 10.4 Å². The van der Waals surface area contributed by atoms with Crippen LogP contribution < -0.4 is 5.43 Å². The summed E-state index contributed by atoms with van der Waals surface area (Å²) in [5, 5.41) is 24.5.